The monoisotopic (exact) mass is 225 g/mol. The molecular formula is C12H23N3O. The van der Waals surface area contributed by atoms with Crippen molar-refractivity contribution in [2.24, 2.45) is 12.8 Å². The summed E-state index contributed by atoms with van der Waals surface area (Å²) in [6, 6.07) is 0. The van der Waals surface area contributed by atoms with Gasteiger partial charge >= 0.3 is 0 Å². The van der Waals surface area contributed by atoms with Crippen molar-refractivity contribution >= 4 is 0 Å². The summed E-state index contributed by atoms with van der Waals surface area (Å²) in [4.78, 5) is 0. The molecule has 0 saturated heterocycles. The Hall–Kier alpha value is -0.870. The van der Waals surface area contributed by atoms with Crippen LogP contribution in [0.25, 0.3) is 0 Å². The highest BCUT2D eigenvalue weighted by Crippen LogP contribution is 2.29. The summed E-state index contributed by atoms with van der Waals surface area (Å²) in [6.07, 6.45) is 1.31. The molecule has 0 aliphatic heterocycles. The average Bonchev–Trinajstić information content (AvgIpc) is 2.50. The molecule has 4 nitrogen and oxygen atoms in total. The van der Waals surface area contributed by atoms with Gasteiger partial charge in [-0.2, -0.15) is 5.10 Å². The third kappa shape index (κ3) is 2.62. The molecular weight excluding hydrogens is 202 g/mol. The van der Waals surface area contributed by atoms with Crippen LogP contribution in [-0.4, -0.2) is 27.5 Å². The molecule has 2 unspecified atom stereocenters. The van der Waals surface area contributed by atoms with E-state index in [1.54, 1.807) is 0 Å². The lowest BCUT2D eigenvalue weighted by atomic mass is 9.89. The van der Waals surface area contributed by atoms with Crippen LogP contribution in [0.1, 0.15) is 42.6 Å². The zero-order valence-electron chi connectivity index (χ0n) is 10.7. The first-order valence-corrected chi connectivity index (χ1v) is 5.89. The smallest absolute Gasteiger partial charge is 0.0668 e. The van der Waals surface area contributed by atoms with Crippen molar-refractivity contribution in [3.05, 3.63) is 17.0 Å². The second-order valence-corrected chi connectivity index (χ2v) is 4.44. The van der Waals surface area contributed by atoms with Crippen LogP contribution in [0.15, 0.2) is 0 Å². The van der Waals surface area contributed by atoms with E-state index >= 15 is 0 Å². The average molecular weight is 225 g/mol. The molecule has 1 aromatic rings. The molecule has 2 atom stereocenters. The van der Waals surface area contributed by atoms with Gasteiger partial charge in [-0.1, -0.05) is 6.92 Å². The first kappa shape index (κ1) is 13.2. The van der Waals surface area contributed by atoms with Crippen LogP contribution in [-0.2, 0) is 7.05 Å². The summed E-state index contributed by atoms with van der Waals surface area (Å²) in [7, 11) is 1.96. The van der Waals surface area contributed by atoms with Gasteiger partial charge in [-0.25, -0.2) is 0 Å². The SMILES string of the molecule is CCC(CC(O)CN)c1c(C)nn(C)c1C. The van der Waals surface area contributed by atoms with Crippen LogP contribution in [0.2, 0.25) is 0 Å². The Bertz CT molecular complexity index is 346. The fourth-order valence-corrected chi connectivity index (χ4v) is 2.29. The summed E-state index contributed by atoms with van der Waals surface area (Å²) in [6.45, 7) is 6.57. The predicted octanol–water partition coefficient (Wildman–Crippen LogP) is 1.24. The van der Waals surface area contributed by atoms with Crippen LogP contribution in [0.4, 0.5) is 0 Å². The maximum atomic E-state index is 9.66. The maximum Gasteiger partial charge on any atom is 0.0668 e. The highest BCUT2D eigenvalue weighted by atomic mass is 16.3. The minimum atomic E-state index is -0.413. The Morgan fingerprint density at radius 1 is 1.44 bits per heavy atom. The summed E-state index contributed by atoms with van der Waals surface area (Å²) in [5.41, 5.74) is 8.99. The summed E-state index contributed by atoms with van der Waals surface area (Å²) >= 11 is 0. The third-order valence-corrected chi connectivity index (χ3v) is 3.29. The van der Waals surface area contributed by atoms with Gasteiger partial charge in [-0.3, -0.25) is 4.68 Å². The van der Waals surface area contributed by atoms with Gasteiger partial charge < -0.3 is 10.8 Å². The number of aliphatic hydroxyl groups excluding tert-OH is 1. The highest BCUT2D eigenvalue weighted by Gasteiger charge is 2.20. The molecule has 0 saturated carbocycles. The molecule has 0 aromatic carbocycles. The van der Waals surface area contributed by atoms with Crippen molar-refractivity contribution < 1.29 is 5.11 Å². The van der Waals surface area contributed by atoms with Gasteiger partial charge in [0.1, 0.15) is 0 Å². The Balaban J connectivity index is 2.94. The molecule has 0 aliphatic rings. The van der Waals surface area contributed by atoms with Crippen LogP contribution in [0, 0.1) is 13.8 Å². The number of aliphatic hydroxyl groups is 1. The van der Waals surface area contributed by atoms with E-state index in [1.807, 2.05) is 18.7 Å². The molecule has 1 aromatic heterocycles. The van der Waals surface area contributed by atoms with E-state index < -0.39 is 6.10 Å². The summed E-state index contributed by atoms with van der Waals surface area (Å²) < 4.78 is 1.90. The normalized spacial score (nSPS) is 15.1. The van der Waals surface area contributed by atoms with E-state index in [9.17, 15) is 5.11 Å². The van der Waals surface area contributed by atoms with Gasteiger partial charge in [0.05, 0.1) is 11.8 Å². The second-order valence-electron chi connectivity index (χ2n) is 4.44. The molecule has 0 aliphatic carbocycles. The molecule has 16 heavy (non-hydrogen) atoms. The number of nitrogens with zero attached hydrogens (tertiary/aromatic N) is 2. The van der Waals surface area contributed by atoms with E-state index in [0.29, 0.717) is 12.5 Å². The largest absolute Gasteiger partial charge is 0.392 e. The Morgan fingerprint density at radius 2 is 2.06 bits per heavy atom. The number of hydrogen-bond donors (Lipinski definition) is 2. The molecule has 0 amide bonds. The Kier molecular flexibility index (Phi) is 4.50. The van der Waals surface area contributed by atoms with Gasteiger partial charge in [-0.05, 0) is 38.2 Å². The molecule has 0 bridgehead atoms. The van der Waals surface area contributed by atoms with Crippen LogP contribution in [0.5, 0.6) is 0 Å². The molecule has 0 fully saturated rings. The second kappa shape index (κ2) is 5.46. The molecule has 3 N–H and O–H groups in total. The van der Waals surface area contributed by atoms with E-state index in [-0.39, 0.29) is 0 Å². The maximum absolute atomic E-state index is 9.66. The number of aryl methyl sites for hydroxylation is 2. The van der Waals surface area contributed by atoms with E-state index in [4.69, 9.17) is 5.73 Å². The van der Waals surface area contributed by atoms with Gasteiger partial charge in [0.25, 0.3) is 0 Å². The van der Waals surface area contributed by atoms with E-state index in [0.717, 1.165) is 18.5 Å². The number of rotatable bonds is 5. The first-order valence-electron chi connectivity index (χ1n) is 5.89. The van der Waals surface area contributed by atoms with Crippen LogP contribution in [0.3, 0.4) is 0 Å². The molecule has 1 rings (SSSR count). The molecule has 0 spiro atoms. The molecule has 1 heterocycles. The van der Waals surface area contributed by atoms with Crippen molar-refractivity contribution in [3.8, 4) is 0 Å². The van der Waals surface area contributed by atoms with Crippen molar-refractivity contribution in [2.75, 3.05) is 6.54 Å². The zero-order valence-corrected chi connectivity index (χ0v) is 10.7. The Labute approximate surface area is 97.5 Å². The first-order chi connectivity index (χ1) is 7.51. The fourth-order valence-electron chi connectivity index (χ4n) is 2.29. The lowest BCUT2D eigenvalue weighted by Gasteiger charge is -2.18. The van der Waals surface area contributed by atoms with Gasteiger partial charge in [-0.15, -0.1) is 0 Å². The summed E-state index contributed by atoms with van der Waals surface area (Å²) in [5.74, 6) is 0.354. The quantitative estimate of drug-likeness (QED) is 0.792. The minimum Gasteiger partial charge on any atom is -0.392 e. The van der Waals surface area contributed by atoms with Crippen LogP contribution >= 0.6 is 0 Å². The topological polar surface area (TPSA) is 64.1 Å². The minimum absolute atomic E-state index is 0.328. The van der Waals surface area contributed by atoms with Gasteiger partial charge in [0.2, 0.25) is 0 Å². The number of nitrogens with two attached hydrogens (primary N) is 1. The van der Waals surface area contributed by atoms with E-state index in [1.165, 1.54) is 11.3 Å². The van der Waals surface area contributed by atoms with Gasteiger partial charge in [0.15, 0.2) is 0 Å². The fraction of sp³-hybridized carbons (Fsp3) is 0.750. The standard InChI is InChI=1S/C12H23N3O/c1-5-10(6-11(16)7-13)12-8(2)14-15(4)9(12)3/h10-11,16H,5-7,13H2,1-4H3. The zero-order chi connectivity index (χ0) is 12.3. The van der Waals surface area contributed by atoms with E-state index in [2.05, 4.69) is 18.9 Å². The summed E-state index contributed by atoms with van der Waals surface area (Å²) in [5, 5.41) is 14.1. The van der Waals surface area contributed by atoms with Gasteiger partial charge in [0, 0.05) is 19.3 Å². The number of aromatic nitrogens is 2. The lowest BCUT2D eigenvalue weighted by molar-refractivity contribution is 0.162. The lowest BCUT2D eigenvalue weighted by Crippen LogP contribution is -2.22. The molecule has 92 valence electrons. The number of hydrogen-bond acceptors (Lipinski definition) is 3. The van der Waals surface area contributed by atoms with Crippen molar-refractivity contribution in [3.63, 3.8) is 0 Å². The predicted molar refractivity (Wildman–Crippen MR) is 65.4 cm³/mol. The molecule has 0 radical (unpaired) electrons. The van der Waals surface area contributed by atoms with Crippen molar-refractivity contribution in [1.29, 1.82) is 0 Å². The molecule has 4 heteroatoms. The third-order valence-electron chi connectivity index (χ3n) is 3.29. The Morgan fingerprint density at radius 3 is 2.44 bits per heavy atom. The van der Waals surface area contributed by atoms with Crippen molar-refractivity contribution in [1.82, 2.24) is 9.78 Å². The van der Waals surface area contributed by atoms with Crippen molar-refractivity contribution in [2.45, 2.75) is 45.6 Å². The van der Waals surface area contributed by atoms with Crippen LogP contribution < -0.4 is 5.73 Å². The highest BCUT2D eigenvalue weighted by molar-refractivity contribution is 5.28.